The Morgan fingerprint density at radius 2 is 2.00 bits per heavy atom. The lowest BCUT2D eigenvalue weighted by molar-refractivity contribution is -0.119. The van der Waals surface area contributed by atoms with E-state index in [1.165, 1.54) is 44.8 Å². The second kappa shape index (κ2) is 6.92. The number of amides is 1. The zero-order valence-corrected chi connectivity index (χ0v) is 16.3. The van der Waals surface area contributed by atoms with Crippen LogP contribution in [0.4, 0.5) is 5.13 Å². The van der Waals surface area contributed by atoms with Crippen LogP contribution in [0, 0.1) is 0 Å². The van der Waals surface area contributed by atoms with E-state index in [1.54, 1.807) is 0 Å². The molecule has 1 aromatic heterocycles. The van der Waals surface area contributed by atoms with Crippen LogP contribution in [0.15, 0.2) is 29.2 Å². The Hall–Kier alpha value is -1.48. The van der Waals surface area contributed by atoms with Gasteiger partial charge in [0.15, 0.2) is 5.13 Å². The summed E-state index contributed by atoms with van der Waals surface area (Å²) in [4.78, 5) is 18.5. The van der Waals surface area contributed by atoms with Gasteiger partial charge in [0.05, 0.1) is 10.6 Å². The standard InChI is InChI=1S/C17H18ClN3O3S2/c18-11-6-8-12(9-7-11)26(23,24)21-10-2-4-14(21)16(22)20-17-19-13-3-1-5-15(13)25-17/h6-9,14H,1-5,10H2,(H,19,20,22). The maximum Gasteiger partial charge on any atom is 0.244 e. The number of fused-ring (bicyclic) bond motifs is 1. The molecule has 1 aliphatic heterocycles. The Balaban J connectivity index is 1.53. The quantitative estimate of drug-likeness (QED) is 0.838. The summed E-state index contributed by atoms with van der Waals surface area (Å²) in [5.74, 6) is -0.313. The van der Waals surface area contributed by atoms with Gasteiger partial charge in [-0.1, -0.05) is 11.6 Å². The normalized spacial score (nSPS) is 20.3. The minimum Gasteiger partial charge on any atom is -0.301 e. The van der Waals surface area contributed by atoms with E-state index in [0.717, 1.165) is 25.0 Å². The molecule has 2 heterocycles. The number of nitrogens with zero attached hydrogens (tertiary/aromatic N) is 2. The van der Waals surface area contributed by atoms with Crippen molar-refractivity contribution in [2.24, 2.45) is 0 Å². The highest BCUT2D eigenvalue weighted by Crippen LogP contribution is 2.32. The molecule has 26 heavy (non-hydrogen) atoms. The SMILES string of the molecule is O=C(Nc1nc2c(s1)CCC2)C1CCCN1S(=O)(=O)c1ccc(Cl)cc1. The molecule has 0 spiro atoms. The predicted molar refractivity (Wildman–Crippen MR) is 101 cm³/mol. The van der Waals surface area contributed by atoms with Gasteiger partial charge < -0.3 is 5.32 Å². The number of carbonyl (C=O) groups excluding carboxylic acids is 1. The van der Waals surface area contributed by atoms with Crippen LogP contribution < -0.4 is 5.32 Å². The Labute approximate surface area is 161 Å². The molecule has 1 saturated heterocycles. The topological polar surface area (TPSA) is 79.4 Å². The molecule has 0 radical (unpaired) electrons. The molecule has 1 fully saturated rings. The van der Waals surface area contributed by atoms with Gasteiger partial charge in [0.2, 0.25) is 15.9 Å². The molecule has 1 aliphatic carbocycles. The molecular weight excluding hydrogens is 394 g/mol. The summed E-state index contributed by atoms with van der Waals surface area (Å²) >= 11 is 7.33. The van der Waals surface area contributed by atoms with Gasteiger partial charge in [0.25, 0.3) is 0 Å². The third kappa shape index (κ3) is 3.26. The van der Waals surface area contributed by atoms with Crippen molar-refractivity contribution in [3.05, 3.63) is 39.9 Å². The number of thiazole rings is 1. The molecule has 6 nitrogen and oxygen atoms in total. The number of benzene rings is 1. The molecule has 138 valence electrons. The van der Waals surface area contributed by atoms with Gasteiger partial charge in [-0.2, -0.15) is 4.31 Å². The van der Waals surface area contributed by atoms with E-state index in [-0.39, 0.29) is 10.8 Å². The smallest absolute Gasteiger partial charge is 0.244 e. The van der Waals surface area contributed by atoms with Crippen LogP contribution in [0.2, 0.25) is 5.02 Å². The predicted octanol–water partition coefficient (Wildman–Crippen LogP) is 3.08. The van der Waals surface area contributed by atoms with E-state index >= 15 is 0 Å². The minimum atomic E-state index is -3.74. The fraction of sp³-hybridized carbons (Fsp3) is 0.412. The molecule has 0 bridgehead atoms. The number of halogens is 1. The third-order valence-electron chi connectivity index (χ3n) is 4.75. The Morgan fingerprint density at radius 3 is 2.73 bits per heavy atom. The van der Waals surface area contributed by atoms with Gasteiger partial charge in [-0.3, -0.25) is 4.79 Å². The molecule has 2 aromatic rings. The van der Waals surface area contributed by atoms with E-state index in [0.29, 0.717) is 29.5 Å². The van der Waals surface area contributed by atoms with Gasteiger partial charge >= 0.3 is 0 Å². The summed E-state index contributed by atoms with van der Waals surface area (Å²) in [7, 11) is -3.74. The molecule has 1 atom stereocenters. The van der Waals surface area contributed by atoms with Crippen molar-refractivity contribution in [2.45, 2.75) is 43.0 Å². The van der Waals surface area contributed by atoms with Gasteiger partial charge in [0, 0.05) is 16.4 Å². The van der Waals surface area contributed by atoms with Crippen molar-refractivity contribution in [3.63, 3.8) is 0 Å². The summed E-state index contributed by atoms with van der Waals surface area (Å²) in [6, 6.07) is 5.30. The fourth-order valence-corrected chi connectivity index (χ4v) is 6.30. The minimum absolute atomic E-state index is 0.148. The summed E-state index contributed by atoms with van der Waals surface area (Å²) in [5.41, 5.74) is 1.06. The van der Waals surface area contributed by atoms with Crippen LogP contribution in [0.1, 0.15) is 29.8 Å². The molecule has 1 N–H and O–H groups in total. The number of hydrogen-bond donors (Lipinski definition) is 1. The third-order valence-corrected chi connectivity index (χ3v) is 8.00. The van der Waals surface area contributed by atoms with Crippen molar-refractivity contribution in [2.75, 3.05) is 11.9 Å². The number of aryl methyl sites for hydroxylation is 2. The number of sulfonamides is 1. The van der Waals surface area contributed by atoms with Crippen molar-refractivity contribution < 1.29 is 13.2 Å². The Kier molecular flexibility index (Phi) is 4.77. The fourth-order valence-electron chi connectivity index (χ4n) is 3.46. The van der Waals surface area contributed by atoms with Crippen molar-refractivity contribution in [1.82, 2.24) is 9.29 Å². The highest BCUT2D eigenvalue weighted by molar-refractivity contribution is 7.89. The molecule has 0 saturated carbocycles. The van der Waals surface area contributed by atoms with E-state index in [9.17, 15) is 13.2 Å². The lowest BCUT2D eigenvalue weighted by atomic mass is 10.2. The van der Waals surface area contributed by atoms with Crippen molar-refractivity contribution in [1.29, 1.82) is 0 Å². The zero-order valence-electron chi connectivity index (χ0n) is 13.9. The second-order valence-corrected chi connectivity index (χ2v) is 9.87. The average Bonchev–Trinajstić information content (AvgIpc) is 3.30. The lowest BCUT2D eigenvalue weighted by Gasteiger charge is -2.23. The van der Waals surface area contributed by atoms with E-state index in [2.05, 4.69) is 10.3 Å². The zero-order chi connectivity index (χ0) is 18.3. The maximum atomic E-state index is 12.9. The Bertz CT molecular complexity index is 919. The molecule has 9 heteroatoms. The van der Waals surface area contributed by atoms with Gasteiger partial charge in [0.1, 0.15) is 6.04 Å². The van der Waals surface area contributed by atoms with Gasteiger partial charge in [-0.05, 0) is 56.4 Å². The molecule has 4 rings (SSSR count). The largest absolute Gasteiger partial charge is 0.301 e. The average molecular weight is 412 g/mol. The van der Waals surface area contributed by atoms with Crippen molar-refractivity contribution >= 4 is 44.0 Å². The first-order chi connectivity index (χ1) is 12.4. The highest BCUT2D eigenvalue weighted by atomic mass is 35.5. The molecular formula is C17H18ClN3O3S2. The number of aromatic nitrogens is 1. The first-order valence-corrected chi connectivity index (χ1v) is 11.2. The number of nitrogens with one attached hydrogen (secondary N) is 1. The number of anilines is 1. The van der Waals surface area contributed by atoms with Crippen LogP contribution in [-0.4, -0.2) is 36.2 Å². The number of hydrogen-bond acceptors (Lipinski definition) is 5. The number of carbonyl (C=O) groups is 1. The van der Waals surface area contributed by atoms with Crippen LogP contribution in [0.25, 0.3) is 0 Å². The van der Waals surface area contributed by atoms with Crippen LogP contribution in [0.5, 0.6) is 0 Å². The van der Waals surface area contributed by atoms with Crippen LogP contribution >= 0.6 is 22.9 Å². The van der Waals surface area contributed by atoms with E-state index in [1.807, 2.05) is 0 Å². The van der Waals surface area contributed by atoms with E-state index in [4.69, 9.17) is 11.6 Å². The van der Waals surface area contributed by atoms with Crippen LogP contribution in [-0.2, 0) is 27.7 Å². The second-order valence-electron chi connectivity index (χ2n) is 6.46. The highest BCUT2D eigenvalue weighted by Gasteiger charge is 2.39. The first-order valence-electron chi connectivity index (χ1n) is 8.52. The van der Waals surface area contributed by atoms with E-state index < -0.39 is 16.1 Å². The summed E-state index contributed by atoms with van der Waals surface area (Å²) in [6.07, 6.45) is 4.22. The molecule has 1 unspecified atom stereocenters. The number of rotatable bonds is 4. The van der Waals surface area contributed by atoms with Crippen LogP contribution in [0.3, 0.4) is 0 Å². The lowest BCUT2D eigenvalue weighted by Crippen LogP contribution is -2.43. The molecule has 2 aliphatic rings. The molecule has 1 aromatic carbocycles. The van der Waals surface area contributed by atoms with Gasteiger partial charge in [-0.25, -0.2) is 13.4 Å². The summed E-state index contributed by atoms with van der Waals surface area (Å²) in [5, 5.41) is 3.85. The molecule has 1 amide bonds. The first kappa shape index (κ1) is 17.9. The van der Waals surface area contributed by atoms with Crippen molar-refractivity contribution in [3.8, 4) is 0 Å². The monoisotopic (exact) mass is 411 g/mol. The van der Waals surface area contributed by atoms with Gasteiger partial charge in [-0.15, -0.1) is 11.3 Å². The summed E-state index contributed by atoms with van der Waals surface area (Å²) < 4.78 is 27.1. The Morgan fingerprint density at radius 1 is 1.23 bits per heavy atom. The summed E-state index contributed by atoms with van der Waals surface area (Å²) in [6.45, 7) is 0.331. The maximum absolute atomic E-state index is 12.9.